The number of amides is 4. The third kappa shape index (κ3) is 5.62. The van der Waals surface area contributed by atoms with Crippen molar-refractivity contribution in [1.29, 1.82) is 0 Å². The van der Waals surface area contributed by atoms with Crippen molar-refractivity contribution in [2.45, 2.75) is 31.7 Å². The third-order valence-electron chi connectivity index (χ3n) is 6.39. The number of nitrogens with zero attached hydrogens (tertiary/aromatic N) is 4. The molecule has 0 spiro atoms. The molecule has 0 radical (unpaired) electrons. The number of carbonyl (C=O) groups excluding carboxylic acids is 3. The van der Waals surface area contributed by atoms with E-state index in [-0.39, 0.29) is 49.6 Å². The molecule has 2 fully saturated rings. The van der Waals surface area contributed by atoms with Crippen LogP contribution in [0.2, 0.25) is 0 Å². The van der Waals surface area contributed by atoms with Crippen LogP contribution in [0.3, 0.4) is 0 Å². The lowest BCUT2D eigenvalue weighted by atomic mass is 10.0. The van der Waals surface area contributed by atoms with Crippen molar-refractivity contribution in [1.82, 2.24) is 25.1 Å². The first-order valence-corrected chi connectivity index (χ1v) is 13.0. The van der Waals surface area contributed by atoms with Crippen LogP contribution in [-0.2, 0) is 22.7 Å². The van der Waals surface area contributed by atoms with Gasteiger partial charge in [-0.05, 0) is 53.8 Å². The van der Waals surface area contributed by atoms with Crippen LogP contribution >= 0.6 is 11.8 Å². The van der Waals surface area contributed by atoms with E-state index >= 15 is 0 Å². The SMILES string of the molecule is CSCC[C@H]1C(=O)N(Cc2ccc(F)cc2)C[C@H]2N1C(=O)CN(C)N2C(=O)NCc1ccc(F)cc1. The van der Waals surface area contributed by atoms with E-state index in [1.807, 2.05) is 6.26 Å². The second kappa shape index (κ2) is 11.3. The molecule has 0 aliphatic carbocycles. The number of piperazine rings is 1. The lowest BCUT2D eigenvalue weighted by Crippen LogP contribution is -2.75. The zero-order valence-corrected chi connectivity index (χ0v) is 21.0. The Labute approximate surface area is 213 Å². The van der Waals surface area contributed by atoms with Gasteiger partial charge in [-0.3, -0.25) is 9.59 Å². The number of hydrogen-bond acceptors (Lipinski definition) is 5. The fourth-order valence-corrected chi connectivity index (χ4v) is 5.08. The molecular formula is C25H29F2N5O3S. The molecule has 36 heavy (non-hydrogen) atoms. The van der Waals surface area contributed by atoms with E-state index in [1.165, 1.54) is 34.2 Å². The fourth-order valence-electron chi connectivity index (χ4n) is 4.62. The van der Waals surface area contributed by atoms with Gasteiger partial charge in [0.15, 0.2) is 0 Å². The number of rotatable bonds is 7. The summed E-state index contributed by atoms with van der Waals surface area (Å²) in [5, 5.41) is 5.87. The van der Waals surface area contributed by atoms with Crippen LogP contribution in [-0.4, -0.2) is 82.0 Å². The fraction of sp³-hybridized carbons (Fsp3) is 0.400. The van der Waals surface area contributed by atoms with Gasteiger partial charge in [-0.25, -0.2) is 23.6 Å². The first kappa shape index (κ1) is 25.9. The molecule has 0 saturated carbocycles. The minimum Gasteiger partial charge on any atom is -0.333 e. The maximum atomic E-state index is 13.5. The molecule has 2 saturated heterocycles. The summed E-state index contributed by atoms with van der Waals surface area (Å²) in [7, 11) is 1.66. The molecule has 0 unspecified atom stereocenters. The largest absolute Gasteiger partial charge is 0.334 e. The molecule has 2 heterocycles. The highest BCUT2D eigenvalue weighted by Gasteiger charge is 2.50. The highest BCUT2D eigenvalue weighted by atomic mass is 32.2. The van der Waals surface area contributed by atoms with E-state index in [4.69, 9.17) is 0 Å². The van der Waals surface area contributed by atoms with Crippen LogP contribution in [0.25, 0.3) is 0 Å². The number of nitrogens with one attached hydrogen (secondary N) is 1. The van der Waals surface area contributed by atoms with E-state index in [1.54, 1.807) is 53.0 Å². The van der Waals surface area contributed by atoms with E-state index in [9.17, 15) is 23.2 Å². The van der Waals surface area contributed by atoms with Gasteiger partial charge in [0, 0.05) is 20.1 Å². The summed E-state index contributed by atoms with van der Waals surface area (Å²) in [5.74, 6) is -0.458. The lowest BCUT2D eigenvalue weighted by Gasteiger charge is -2.54. The van der Waals surface area contributed by atoms with Crippen LogP contribution in [0.4, 0.5) is 13.6 Å². The Kier molecular flexibility index (Phi) is 8.10. The van der Waals surface area contributed by atoms with Crippen molar-refractivity contribution >= 4 is 29.6 Å². The number of hydrogen-bond donors (Lipinski definition) is 1. The number of likely N-dealkylation sites (N-methyl/N-ethyl adjacent to an activating group) is 1. The summed E-state index contributed by atoms with van der Waals surface area (Å²) < 4.78 is 26.6. The van der Waals surface area contributed by atoms with Gasteiger partial charge in [0.05, 0.1) is 13.1 Å². The Bertz CT molecular complexity index is 1100. The third-order valence-corrected chi connectivity index (χ3v) is 7.03. The van der Waals surface area contributed by atoms with Crippen LogP contribution in [0.1, 0.15) is 17.5 Å². The Morgan fingerprint density at radius 1 is 1.03 bits per heavy atom. The van der Waals surface area contributed by atoms with Crippen LogP contribution in [0.15, 0.2) is 48.5 Å². The van der Waals surface area contributed by atoms with Crippen molar-refractivity contribution in [3.8, 4) is 0 Å². The zero-order chi connectivity index (χ0) is 25.8. The summed E-state index contributed by atoms with van der Waals surface area (Å²) in [6.45, 7) is 0.494. The highest BCUT2D eigenvalue weighted by Crippen LogP contribution is 2.29. The van der Waals surface area contributed by atoms with Gasteiger partial charge in [0.25, 0.3) is 0 Å². The topological polar surface area (TPSA) is 76.2 Å². The van der Waals surface area contributed by atoms with Crippen molar-refractivity contribution in [2.75, 3.05) is 32.1 Å². The summed E-state index contributed by atoms with van der Waals surface area (Å²) in [4.78, 5) is 43.1. The van der Waals surface area contributed by atoms with Crippen LogP contribution in [0, 0.1) is 11.6 Å². The maximum Gasteiger partial charge on any atom is 0.334 e. The van der Waals surface area contributed by atoms with Crippen molar-refractivity contribution in [3.63, 3.8) is 0 Å². The second-order valence-electron chi connectivity index (χ2n) is 8.87. The van der Waals surface area contributed by atoms with Gasteiger partial charge in [0.1, 0.15) is 23.8 Å². The predicted molar refractivity (Wildman–Crippen MR) is 132 cm³/mol. The average Bonchev–Trinajstić information content (AvgIpc) is 2.85. The Balaban J connectivity index is 1.58. The van der Waals surface area contributed by atoms with Gasteiger partial charge in [-0.15, -0.1) is 0 Å². The van der Waals surface area contributed by atoms with E-state index in [2.05, 4.69) is 5.32 Å². The molecule has 0 aromatic heterocycles. The normalized spacial score (nSPS) is 20.5. The molecular weight excluding hydrogens is 488 g/mol. The zero-order valence-electron chi connectivity index (χ0n) is 20.2. The van der Waals surface area contributed by atoms with Crippen LogP contribution < -0.4 is 5.32 Å². The minimum atomic E-state index is -0.703. The lowest BCUT2D eigenvalue weighted by molar-refractivity contribution is -0.187. The van der Waals surface area contributed by atoms with Crippen molar-refractivity contribution in [3.05, 3.63) is 71.3 Å². The maximum absolute atomic E-state index is 13.5. The first-order chi connectivity index (χ1) is 17.3. The Hall–Kier alpha value is -3.18. The number of urea groups is 1. The summed E-state index contributed by atoms with van der Waals surface area (Å²) in [6, 6.07) is 10.6. The Morgan fingerprint density at radius 3 is 2.25 bits per heavy atom. The standard InChI is InChI=1S/C25H29F2N5O3S/c1-29-16-23(33)31-21(11-12-36-2)24(34)30(14-18-5-9-20(27)10-6-18)15-22(31)32(29)25(35)28-13-17-3-7-19(26)8-4-17/h3-10,21-22H,11-16H2,1-2H3,(H,28,35)/t21-,22-/m0/s1. The molecule has 0 bridgehead atoms. The molecule has 4 amide bonds. The highest BCUT2D eigenvalue weighted by molar-refractivity contribution is 7.98. The molecule has 1 N–H and O–H groups in total. The predicted octanol–water partition coefficient (Wildman–Crippen LogP) is 2.66. The monoisotopic (exact) mass is 517 g/mol. The molecule has 2 aliphatic heterocycles. The molecule has 4 rings (SSSR count). The number of thioether (sulfide) groups is 1. The van der Waals surface area contributed by atoms with E-state index in [0.29, 0.717) is 12.2 Å². The number of fused-ring (bicyclic) bond motifs is 1. The summed E-state index contributed by atoms with van der Waals surface area (Å²) in [5.41, 5.74) is 1.48. The molecule has 2 aromatic carbocycles. The van der Waals surface area contributed by atoms with Crippen molar-refractivity contribution < 1.29 is 23.2 Å². The van der Waals surface area contributed by atoms with Crippen LogP contribution in [0.5, 0.6) is 0 Å². The summed E-state index contributed by atoms with van der Waals surface area (Å²) in [6.07, 6.45) is 1.69. The molecule has 2 atom stereocenters. The van der Waals surface area contributed by atoms with Gasteiger partial charge in [-0.2, -0.15) is 11.8 Å². The molecule has 8 nitrogen and oxygen atoms in total. The average molecular weight is 518 g/mol. The molecule has 2 aliphatic rings. The molecule has 192 valence electrons. The van der Waals surface area contributed by atoms with Gasteiger partial charge in [0.2, 0.25) is 11.8 Å². The van der Waals surface area contributed by atoms with E-state index in [0.717, 1.165) is 11.1 Å². The van der Waals surface area contributed by atoms with E-state index < -0.39 is 18.2 Å². The molecule has 2 aromatic rings. The Morgan fingerprint density at radius 2 is 1.64 bits per heavy atom. The first-order valence-electron chi connectivity index (χ1n) is 11.6. The van der Waals surface area contributed by atoms with Gasteiger partial charge in [-0.1, -0.05) is 24.3 Å². The quantitative estimate of drug-likeness (QED) is 0.611. The number of hydrazine groups is 1. The number of halogens is 2. The minimum absolute atomic E-state index is 0.0402. The number of carbonyl (C=O) groups is 3. The van der Waals surface area contributed by atoms with Gasteiger partial charge >= 0.3 is 6.03 Å². The smallest absolute Gasteiger partial charge is 0.333 e. The number of benzene rings is 2. The van der Waals surface area contributed by atoms with Gasteiger partial charge < -0.3 is 15.1 Å². The second-order valence-corrected chi connectivity index (χ2v) is 9.86. The van der Waals surface area contributed by atoms with Crippen molar-refractivity contribution in [2.24, 2.45) is 0 Å². The summed E-state index contributed by atoms with van der Waals surface area (Å²) >= 11 is 1.58. The molecule has 11 heteroatoms.